The number of fused-ring (bicyclic) bond motifs is 1. The Bertz CT molecular complexity index is 775. The number of amides is 2. The van der Waals surface area contributed by atoms with Crippen molar-refractivity contribution in [2.24, 2.45) is 0 Å². The van der Waals surface area contributed by atoms with Crippen molar-refractivity contribution in [3.05, 3.63) is 48.5 Å². The van der Waals surface area contributed by atoms with Crippen molar-refractivity contribution < 1.29 is 19.4 Å². The standard InChI is InChI=1S/C18H18N2O4/c1-12-18(23)20(15-7-2-3-8-16(15)24-12)10-9-17(22)19-13-5-4-6-14(21)11-13/h2-8,11-12,21H,9-10H2,1H3,(H,19,22)/t12-/m0/s1. The van der Waals surface area contributed by atoms with E-state index in [0.29, 0.717) is 17.1 Å². The maximum atomic E-state index is 12.3. The van der Waals surface area contributed by atoms with Crippen LogP contribution >= 0.6 is 0 Å². The fourth-order valence-electron chi connectivity index (χ4n) is 2.61. The zero-order valence-corrected chi connectivity index (χ0v) is 13.2. The number of para-hydroxylation sites is 2. The van der Waals surface area contributed by atoms with Gasteiger partial charge in [0.1, 0.15) is 11.5 Å². The molecule has 1 aliphatic heterocycles. The number of ether oxygens (including phenoxy) is 1. The van der Waals surface area contributed by atoms with E-state index in [0.717, 1.165) is 0 Å². The van der Waals surface area contributed by atoms with Crippen LogP contribution in [0.25, 0.3) is 0 Å². The molecule has 2 aromatic carbocycles. The van der Waals surface area contributed by atoms with E-state index in [1.165, 1.54) is 12.1 Å². The fraction of sp³-hybridized carbons (Fsp3) is 0.222. The molecule has 124 valence electrons. The Labute approximate surface area is 139 Å². The highest BCUT2D eigenvalue weighted by Gasteiger charge is 2.31. The van der Waals surface area contributed by atoms with E-state index in [1.54, 1.807) is 36.1 Å². The van der Waals surface area contributed by atoms with E-state index in [1.807, 2.05) is 12.1 Å². The summed E-state index contributed by atoms with van der Waals surface area (Å²) >= 11 is 0. The molecule has 6 nitrogen and oxygen atoms in total. The largest absolute Gasteiger partial charge is 0.508 e. The number of hydrogen-bond donors (Lipinski definition) is 2. The number of hydrogen-bond acceptors (Lipinski definition) is 4. The number of nitrogens with one attached hydrogen (secondary N) is 1. The van der Waals surface area contributed by atoms with Crippen LogP contribution in [0, 0.1) is 0 Å². The minimum absolute atomic E-state index is 0.0823. The summed E-state index contributed by atoms with van der Waals surface area (Å²) in [7, 11) is 0. The van der Waals surface area contributed by atoms with Gasteiger partial charge in [-0.3, -0.25) is 9.59 Å². The third-order valence-electron chi connectivity index (χ3n) is 3.77. The van der Waals surface area contributed by atoms with Gasteiger partial charge in [0.05, 0.1) is 5.69 Å². The summed E-state index contributed by atoms with van der Waals surface area (Å²) < 4.78 is 5.57. The third kappa shape index (κ3) is 3.32. The Morgan fingerprint density at radius 1 is 1.25 bits per heavy atom. The quantitative estimate of drug-likeness (QED) is 0.905. The van der Waals surface area contributed by atoms with Crippen molar-refractivity contribution in [3.8, 4) is 11.5 Å². The maximum Gasteiger partial charge on any atom is 0.267 e. The van der Waals surface area contributed by atoms with Crippen LogP contribution in [0.15, 0.2) is 48.5 Å². The van der Waals surface area contributed by atoms with Crippen molar-refractivity contribution in [1.29, 1.82) is 0 Å². The zero-order valence-electron chi connectivity index (χ0n) is 13.2. The normalized spacial score (nSPS) is 16.3. The van der Waals surface area contributed by atoms with Gasteiger partial charge in [0.2, 0.25) is 5.91 Å². The number of phenols is 1. The van der Waals surface area contributed by atoms with E-state index in [-0.39, 0.29) is 30.5 Å². The van der Waals surface area contributed by atoms with Crippen LogP contribution in [0.5, 0.6) is 11.5 Å². The molecular weight excluding hydrogens is 308 g/mol. The first-order valence-corrected chi connectivity index (χ1v) is 7.70. The molecule has 0 bridgehead atoms. The molecule has 1 aliphatic rings. The van der Waals surface area contributed by atoms with Gasteiger partial charge >= 0.3 is 0 Å². The third-order valence-corrected chi connectivity index (χ3v) is 3.77. The summed E-state index contributed by atoms with van der Waals surface area (Å²) in [6, 6.07) is 13.6. The number of rotatable bonds is 4. The van der Waals surface area contributed by atoms with Gasteiger partial charge in [0, 0.05) is 24.7 Å². The number of carbonyl (C=O) groups excluding carboxylic acids is 2. The smallest absolute Gasteiger partial charge is 0.267 e. The zero-order chi connectivity index (χ0) is 17.1. The summed E-state index contributed by atoms with van der Waals surface area (Å²) in [4.78, 5) is 26.0. The van der Waals surface area contributed by atoms with E-state index < -0.39 is 6.10 Å². The second-order valence-electron chi connectivity index (χ2n) is 5.57. The topological polar surface area (TPSA) is 78.9 Å². The molecule has 0 saturated heterocycles. The Morgan fingerprint density at radius 2 is 2.04 bits per heavy atom. The molecule has 1 atom stereocenters. The second kappa shape index (κ2) is 6.62. The fourth-order valence-corrected chi connectivity index (χ4v) is 2.61. The van der Waals surface area contributed by atoms with Crippen LogP contribution in [0.2, 0.25) is 0 Å². The lowest BCUT2D eigenvalue weighted by Gasteiger charge is -2.32. The predicted molar refractivity (Wildman–Crippen MR) is 90.2 cm³/mol. The van der Waals surface area contributed by atoms with Gasteiger partial charge in [-0.1, -0.05) is 18.2 Å². The molecule has 2 amide bonds. The SMILES string of the molecule is C[C@@H]1Oc2ccccc2N(CCC(=O)Nc2cccc(O)c2)C1=O. The Hall–Kier alpha value is -3.02. The van der Waals surface area contributed by atoms with Crippen molar-refractivity contribution in [2.75, 3.05) is 16.8 Å². The van der Waals surface area contributed by atoms with E-state index >= 15 is 0 Å². The monoisotopic (exact) mass is 326 g/mol. The van der Waals surface area contributed by atoms with Gasteiger partial charge in [0.25, 0.3) is 5.91 Å². The molecule has 24 heavy (non-hydrogen) atoms. The summed E-state index contributed by atoms with van der Waals surface area (Å²) in [6.07, 6.45) is -0.434. The first-order chi connectivity index (χ1) is 11.5. The number of aromatic hydroxyl groups is 1. The Kier molecular flexibility index (Phi) is 4.37. The minimum atomic E-state index is -0.575. The molecule has 0 aliphatic carbocycles. The number of carbonyl (C=O) groups is 2. The Balaban J connectivity index is 1.67. The summed E-state index contributed by atoms with van der Waals surface area (Å²) in [6.45, 7) is 1.95. The van der Waals surface area contributed by atoms with Crippen molar-refractivity contribution >= 4 is 23.2 Å². The molecule has 2 aromatic rings. The van der Waals surface area contributed by atoms with Gasteiger partial charge in [-0.25, -0.2) is 0 Å². The number of nitrogens with zero attached hydrogens (tertiary/aromatic N) is 1. The molecule has 0 radical (unpaired) electrons. The van der Waals surface area contributed by atoms with Crippen LogP contribution in [0.1, 0.15) is 13.3 Å². The average Bonchev–Trinajstić information content (AvgIpc) is 2.55. The van der Waals surface area contributed by atoms with Crippen LogP contribution in [-0.2, 0) is 9.59 Å². The van der Waals surface area contributed by atoms with E-state index in [2.05, 4.69) is 5.32 Å². The van der Waals surface area contributed by atoms with Gasteiger partial charge in [-0.2, -0.15) is 0 Å². The maximum absolute atomic E-state index is 12.3. The summed E-state index contributed by atoms with van der Waals surface area (Å²) in [5.74, 6) is 0.320. The highest BCUT2D eigenvalue weighted by molar-refractivity contribution is 6.00. The first kappa shape index (κ1) is 15.9. The number of anilines is 2. The molecule has 0 spiro atoms. The molecule has 0 fully saturated rings. The molecular formula is C18H18N2O4. The average molecular weight is 326 g/mol. The van der Waals surface area contributed by atoms with Crippen molar-refractivity contribution in [1.82, 2.24) is 0 Å². The van der Waals surface area contributed by atoms with E-state index in [9.17, 15) is 14.7 Å². The molecule has 2 N–H and O–H groups in total. The van der Waals surface area contributed by atoms with Crippen LogP contribution in [-0.4, -0.2) is 29.6 Å². The first-order valence-electron chi connectivity index (χ1n) is 7.70. The Morgan fingerprint density at radius 3 is 2.83 bits per heavy atom. The summed E-state index contributed by atoms with van der Waals surface area (Å²) in [5, 5.41) is 12.1. The number of phenolic OH excluding ortho intramolecular Hbond substituents is 1. The lowest BCUT2D eigenvalue weighted by molar-refractivity contribution is -0.125. The highest BCUT2D eigenvalue weighted by Crippen LogP contribution is 2.33. The molecule has 0 saturated carbocycles. The van der Waals surface area contributed by atoms with Gasteiger partial charge in [0.15, 0.2) is 6.10 Å². The van der Waals surface area contributed by atoms with Crippen molar-refractivity contribution in [3.63, 3.8) is 0 Å². The summed E-state index contributed by atoms with van der Waals surface area (Å²) in [5.41, 5.74) is 1.19. The molecule has 0 unspecified atom stereocenters. The molecule has 0 aromatic heterocycles. The van der Waals surface area contributed by atoms with Crippen LogP contribution in [0.3, 0.4) is 0 Å². The van der Waals surface area contributed by atoms with E-state index in [4.69, 9.17) is 4.74 Å². The van der Waals surface area contributed by atoms with Gasteiger partial charge < -0.3 is 20.1 Å². The second-order valence-corrected chi connectivity index (χ2v) is 5.57. The van der Waals surface area contributed by atoms with Gasteiger partial charge in [-0.15, -0.1) is 0 Å². The van der Waals surface area contributed by atoms with Crippen LogP contribution < -0.4 is 15.0 Å². The van der Waals surface area contributed by atoms with Crippen molar-refractivity contribution in [2.45, 2.75) is 19.4 Å². The lowest BCUT2D eigenvalue weighted by Crippen LogP contribution is -2.45. The number of benzene rings is 2. The molecule has 1 heterocycles. The molecule has 6 heteroatoms. The predicted octanol–water partition coefficient (Wildman–Crippen LogP) is 2.53. The molecule has 3 rings (SSSR count). The lowest BCUT2D eigenvalue weighted by atomic mass is 10.1. The highest BCUT2D eigenvalue weighted by atomic mass is 16.5. The minimum Gasteiger partial charge on any atom is -0.508 e. The van der Waals surface area contributed by atoms with Crippen LogP contribution in [0.4, 0.5) is 11.4 Å². The van der Waals surface area contributed by atoms with Gasteiger partial charge in [-0.05, 0) is 31.2 Å².